The second-order valence-corrected chi connectivity index (χ2v) is 3.63. The second-order valence-electron chi connectivity index (χ2n) is 3.63. The number of halogens is 1. The van der Waals surface area contributed by atoms with E-state index in [0.717, 1.165) is 5.92 Å². The topological polar surface area (TPSA) is 26.0 Å². The van der Waals surface area contributed by atoms with Gasteiger partial charge in [0.05, 0.1) is 0 Å². The molecule has 1 aliphatic rings. The van der Waals surface area contributed by atoms with Gasteiger partial charge in [0.1, 0.15) is 0 Å². The second kappa shape index (κ2) is 4.64. The molecule has 72 valence electrons. The third-order valence-corrected chi connectivity index (χ3v) is 2.84. The van der Waals surface area contributed by atoms with Crippen LogP contribution in [0.25, 0.3) is 0 Å². The highest BCUT2D eigenvalue weighted by Gasteiger charge is 2.24. The average molecular weight is 198 g/mol. The summed E-state index contributed by atoms with van der Waals surface area (Å²) in [6, 6.07) is 10.7. The minimum Gasteiger partial charge on any atom is -0.324 e. The first-order valence-electron chi connectivity index (χ1n) is 4.68. The van der Waals surface area contributed by atoms with E-state index in [0.29, 0.717) is 0 Å². The molecule has 2 rings (SSSR count). The summed E-state index contributed by atoms with van der Waals surface area (Å²) in [5.74, 6) is 0.743. The minimum absolute atomic E-state index is 0. The number of hydrogen-bond acceptors (Lipinski definition) is 1. The lowest BCUT2D eigenvalue weighted by atomic mass is 9.78. The van der Waals surface area contributed by atoms with Crippen LogP contribution in [0.15, 0.2) is 30.3 Å². The van der Waals surface area contributed by atoms with Crippen LogP contribution in [0.2, 0.25) is 0 Å². The predicted octanol–water partition coefficient (Wildman–Crippen LogP) is 2.91. The first kappa shape index (κ1) is 10.6. The Labute approximate surface area is 85.7 Å². The van der Waals surface area contributed by atoms with Crippen LogP contribution in [0.4, 0.5) is 0 Å². The molecule has 0 saturated heterocycles. The average Bonchev–Trinajstić information content (AvgIpc) is 2.03. The van der Waals surface area contributed by atoms with E-state index in [-0.39, 0.29) is 18.4 Å². The number of rotatable bonds is 2. The molecule has 0 aliphatic heterocycles. The molecule has 0 amide bonds. The third-order valence-electron chi connectivity index (χ3n) is 2.84. The monoisotopic (exact) mass is 197 g/mol. The summed E-state index contributed by atoms with van der Waals surface area (Å²) in [5, 5.41) is 0. The maximum atomic E-state index is 6.10. The number of hydrogen-bond donors (Lipinski definition) is 1. The number of nitrogens with two attached hydrogens (primary N) is 1. The van der Waals surface area contributed by atoms with Crippen LogP contribution < -0.4 is 5.73 Å². The number of benzene rings is 1. The van der Waals surface area contributed by atoms with E-state index in [1.54, 1.807) is 0 Å². The highest BCUT2D eigenvalue weighted by atomic mass is 35.5. The predicted molar refractivity (Wildman–Crippen MR) is 58.0 cm³/mol. The Hall–Kier alpha value is -0.530. The normalized spacial score (nSPS) is 18.5. The minimum atomic E-state index is 0. The van der Waals surface area contributed by atoms with Gasteiger partial charge in [0.25, 0.3) is 0 Å². The molecule has 2 heteroatoms. The molecule has 1 aromatic carbocycles. The van der Waals surface area contributed by atoms with E-state index in [9.17, 15) is 0 Å². The molecular weight excluding hydrogens is 182 g/mol. The molecule has 0 unspecified atom stereocenters. The van der Waals surface area contributed by atoms with E-state index in [1.807, 2.05) is 6.07 Å². The third kappa shape index (κ3) is 2.23. The Balaban J connectivity index is 0.000000845. The summed E-state index contributed by atoms with van der Waals surface area (Å²) in [7, 11) is 0. The van der Waals surface area contributed by atoms with Crippen molar-refractivity contribution >= 4 is 12.4 Å². The molecule has 1 fully saturated rings. The molecule has 0 aromatic heterocycles. The van der Waals surface area contributed by atoms with E-state index in [1.165, 1.54) is 24.8 Å². The molecule has 2 N–H and O–H groups in total. The fraction of sp³-hybridized carbons (Fsp3) is 0.455. The van der Waals surface area contributed by atoms with Crippen molar-refractivity contribution in [1.29, 1.82) is 0 Å². The van der Waals surface area contributed by atoms with E-state index < -0.39 is 0 Å². The van der Waals surface area contributed by atoms with Gasteiger partial charge in [-0.3, -0.25) is 0 Å². The maximum absolute atomic E-state index is 6.10. The standard InChI is InChI=1S/C11H15N.ClH/c12-11(10-7-4-8-10)9-5-2-1-3-6-9;/h1-3,5-6,10-11H,4,7-8,12H2;1H/t11-;/m1./s1. The van der Waals surface area contributed by atoms with Crippen LogP contribution in [0.1, 0.15) is 30.9 Å². The molecule has 1 saturated carbocycles. The van der Waals surface area contributed by atoms with Crippen molar-refractivity contribution in [3.05, 3.63) is 35.9 Å². The Morgan fingerprint density at radius 3 is 2.23 bits per heavy atom. The van der Waals surface area contributed by atoms with Crippen molar-refractivity contribution in [2.24, 2.45) is 11.7 Å². The Kier molecular flexibility index (Phi) is 3.76. The van der Waals surface area contributed by atoms with Crippen molar-refractivity contribution in [2.75, 3.05) is 0 Å². The first-order chi connectivity index (χ1) is 5.88. The SMILES string of the molecule is Cl.N[C@H](c1ccccc1)C1CCC1. The van der Waals surface area contributed by atoms with Gasteiger partial charge in [0, 0.05) is 6.04 Å². The van der Waals surface area contributed by atoms with Gasteiger partial charge in [-0.15, -0.1) is 12.4 Å². The molecule has 13 heavy (non-hydrogen) atoms. The molecule has 1 aromatic rings. The summed E-state index contributed by atoms with van der Waals surface area (Å²) in [6.07, 6.45) is 4.00. The zero-order chi connectivity index (χ0) is 8.39. The van der Waals surface area contributed by atoms with Gasteiger partial charge in [0.2, 0.25) is 0 Å². The van der Waals surface area contributed by atoms with Gasteiger partial charge in [-0.25, -0.2) is 0 Å². The molecule has 0 heterocycles. The van der Waals surface area contributed by atoms with Gasteiger partial charge >= 0.3 is 0 Å². The lowest BCUT2D eigenvalue weighted by Gasteiger charge is -2.31. The summed E-state index contributed by atoms with van der Waals surface area (Å²) >= 11 is 0. The Morgan fingerprint density at radius 1 is 1.15 bits per heavy atom. The van der Waals surface area contributed by atoms with Crippen molar-refractivity contribution in [2.45, 2.75) is 25.3 Å². The molecule has 1 nitrogen and oxygen atoms in total. The van der Waals surface area contributed by atoms with Crippen LogP contribution in [-0.4, -0.2) is 0 Å². The molecule has 0 bridgehead atoms. The highest BCUT2D eigenvalue weighted by molar-refractivity contribution is 5.85. The van der Waals surface area contributed by atoms with Crippen LogP contribution >= 0.6 is 12.4 Å². The maximum Gasteiger partial charge on any atom is 0.0323 e. The smallest absolute Gasteiger partial charge is 0.0323 e. The zero-order valence-corrected chi connectivity index (χ0v) is 8.46. The van der Waals surface area contributed by atoms with Gasteiger partial charge in [0.15, 0.2) is 0 Å². The van der Waals surface area contributed by atoms with E-state index in [4.69, 9.17) is 5.73 Å². The van der Waals surface area contributed by atoms with Gasteiger partial charge in [-0.2, -0.15) is 0 Å². The van der Waals surface area contributed by atoms with Crippen LogP contribution in [0.3, 0.4) is 0 Å². The Bertz CT molecular complexity index is 244. The van der Waals surface area contributed by atoms with Crippen molar-refractivity contribution in [1.82, 2.24) is 0 Å². The molecule has 0 radical (unpaired) electrons. The fourth-order valence-electron chi connectivity index (χ4n) is 1.75. The summed E-state index contributed by atoms with van der Waals surface area (Å²) in [4.78, 5) is 0. The van der Waals surface area contributed by atoms with Crippen molar-refractivity contribution in [3.8, 4) is 0 Å². The molecule has 1 atom stereocenters. The van der Waals surface area contributed by atoms with Crippen molar-refractivity contribution < 1.29 is 0 Å². The molecule has 1 aliphatic carbocycles. The largest absolute Gasteiger partial charge is 0.324 e. The van der Waals surface area contributed by atoms with Crippen LogP contribution in [-0.2, 0) is 0 Å². The van der Waals surface area contributed by atoms with Crippen LogP contribution in [0, 0.1) is 5.92 Å². The van der Waals surface area contributed by atoms with Gasteiger partial charge in [-0.05, 0) is 24.3 Å². The summed E-state index contributed by atoms with van der Waals surface area (Å²) < 4.78 is 0. The lowest BCUT2D eigenvalue weighted by Crippen LogP contribution is -2.26. The zero-order valence-electron chi connectivity index (χ0n) is 7.65. The summed E-state index contributed by atoms with van der Waals surface area (Å²) in [6.45, 7) is 0. The van der Waals surface area contributed by atoms with Gasteiger partial charge in [-0.1, -0.05) is 36.8 Å². The molecule has 0 spiro atoms. The van der Waals surface area contributed by atoms with Crippen LogP contribution in [0.5, 0.6) is 0 Å². The highest BCUT2D eigenvalue weighted by Crippen LogP contribution is 2.35. The lowest BCUT2D eigenvalue weighted by molar-refractivity contribution is 0.264. The molecular formula is C11H16ClN. The van der Waals surface area contributed by atoms with E-state index >= 15 is 0 Å². The first-order valence-corrected chi connectivity index (χ1v) is 4.68. The van der Waals surface area contributed by atoms with Gasteiger partial charge < -0.3 is 5.73 Å². The quantitative estimate of drug-likeness (QED) is 0.775. The summed E-state index contributed by atoms with van der Waals surface area (Å²) in [5.41, 5.74) is 7.39. The van der Waals surface area contributed by atoms with E-state index in [2.05, 4.69) is 24.3 Å². The fourth-order valence-corrected chi connectivity index (χ4v) is 1.75. The van der Waals surface area contributed by atoms with Crippen molar-refractivity contribution in [3.63, 3.8) is 0 Å². The Morgan fingerprint density at radius 2 is 1.77 bits per heavy atom.